The first-order valence-corrected chi connectivity index (χ1v) is 5.63. The van der Waals surface area contributed by atoms with Gasteiger partial charge in [0, 0.05) is 11.4 Å². The second kappa shape index (κ2) is 7.11. The maximum Gasteiger partial charge on any atom is 0.0188 e. The van der Waals surface area contributed by atoms with Crippen LogP contribution in [0.3, 0.4) is 0 Å². The van der Waals surface area contributed by atoms with E-state index >= 15 is 0 Å². The van der Waals surface area contributed by atoms with Crippen molar-refractivity contribution in [1.82, 2.24) is 5.32 Å². The predicted octanol–water partition coefficient (Wildman–Crippen LogP) is 2.80. The normalized spacial score (nSPS) is 13.9. The largest absolute Gasteiger partial charge is 0.313 e. The minimum atomic E-state index is 0.640. The van der Waals surface area contributed by atoms with Crippen molar-refractivity contribution < 1.29 is 0 Å². The number of hydrogen-bond acceptors (Lipinski definition) is 1. The molecule has 0 saturated carbocycles. The Morgan fingerprint density at radius 2 is 2.00 bits per heavy atom. The summed E-state index contributed by atoms with van der Waals surface area (Å²) in [5.41, 5.74) is 0. The first kappa shape index (κ1) is 11.4. The molecule has 0 spiro atoms. The molecule has 1 atom stereocenters. The van der Waals surface area contributed by atoms with Crippen LogP contribution in [0.2, 0.25) is 0 Å². The number of halogens is 1. The summed E-state index contributed by atoms with van der Waals surface area (Å²) < 4.78 is 0. The number of alkyl halides is 1. The van der Waals surface area contributed by atoms with Crippen molar-refractivity contribution in [3.8, 4) is 0 Å². The summed E-state index contributed by atoms with van der Waals surface area (Å²) in [4.78, 5) is 0. The lowest BCUT2D eigenvalue weighted by Crippen LogP contribution is -2.35. The molecule has 11 heavy (non-hydrogen) atoms. The molecule has 0 aromatic rings. The van der Waals surface area contributed by atoms with Crippen LogP contribution < -0.4 is 5.32 Å². The molecule has 0 aliphatic rings. The SMILES string of the molecule is CCCCNC(CBr)C(C)C. The van der Waals surface area contributed by atoms with E-state index in [1.54, 1.807) is 0 Å². The van der Waals surface area contributed by atoms with Gasteiger partial charge in [-0.25, -0.2) is 0 Å². The van der Waals surface area contributed by atoms with E-state index in [0.29, 0.717) is 6.04 Å². The topological polar surface area (TPSA) is 12.0 Å². The molecule has 0 fully saturated rings. The van der Waals surface area contributed by atoms with Crippen molar-refractivity contribution in [3.05, 3.63) is 0 Å². The Morgan fingerprint density at radius 3 is 2.36 bits per heavy atom. The molecule has 0 aliphatic heterocycles. The summed E-state index contributed by atoms with van der Waals surface area (Å²) in [6.45, 7) is 7.89. The quantitative estimate of drug-likeness (QED) is 0.538. The third-order valence-electron chi connectivity index (χ3n) is 1.91. The summed E-state index contributed by atoms with van der Waals surface area (Å²) in [5, 5.41) is 4.59. The second-order valence-electron chi connectivity index (χ2n) is 3.31. The molecule has 0 bridgehead atoms. The molecule has 0 aliphatic carbocycles. The van der Waals surface area contributed by atoms with E-state index < -0.39 is 0 Å². The predicted molar refractivity (Wildman–Crippen MR) is 55.3 cm³/mol. The van der Waals surface area contributed by atoms with E-state index in [1.807, 2.05) is 0 Å². The van der Waals surface area contributed by atoms with E-state index in [1.165, 1.54) is 12.8 Å². The Morgan fingerprint density at radius 1 is 1.36 bits per heavy atom. The zero-order valence-electron chi connectivity index (χ0n) is 7.86. The number of nitrogens with one attached hydrogen (secondary N) is 1. The number of unbranched alkanes of at least 4 members (excludes halogenated alkanes) is 1. The lowest BCUT2D eigenvalue weighted by Gasteiger charge is -2.19. The minimum Gasteiger partial charge on any atom is -0.313 e. The van der Waals surface area contributed by atoms with Crippen LogP contribution in [0.15, 0.2) is 0 Å². The van der Waals surface area contributed by atoms with Crippen molar-refractivity contribution in [2.45, 2.75) is 39.7 Å². The molecule has 1 nitrogen and oxygen atoms in total. The molecule has 68 valence electrons. The van der Waals surface area contributed by atoms with Crippen molar-refractivity contribution in [2.75, 3.05) is 11.9 Å². The number of hydrogen-bond donors (Lipinski definition) is 1. The van der Waals surface area contributed by atoms with Crippen LogP contribution in [0, 0.1) is 5.92 Å². The zero-order valence-corrected chi connectivity index (χ0v) is 9.45. The molecular formula is C9H20BrN. The molecule has 0 aromatic heterocycles. The van der Waals surface area contributed by atoms with Crippen LogP contribution >= 0.6 is 15.9 Å². The summed E-state index contributed by atoms with van der Waals surface area (Å²) in [5.74, 6) is 0.728. The highest BCUT2D eigenvalue weighted by Gasteiger charge is 2.09. The van der Waals surface area contributed by atoms with E-state index in [0.717, 1.165) is 17.8 Å². The minimum absolute atomic E-state index is 0.640. The third-order valence-corrected chi connectivity index (χ3v) is 2.61. The first-order chi connectivity index (χ1) is 5.22. The smallest absolute Gasteiger partial charge is 0.0188 e. The monoisotopic (exact) mass is 221 g/mol. The summed E-state index contributed by atoms with van der Waals surface area (Å²) in [7, 11) is 0. The van der Waals surface area contributed by atoms with Gasteiger partial charge in [-0.05, 0) is 18.9 Å². The van der Waals surface area contributed by atoms with Crippen LogP contribution in [0.25, 0.3) is 0 Å². The molecule has 0 amide bonds. The first-order valence-electron chi connectivity index (χ1n) is 4.51. The van der Waals surface area contributed by atoms with Crippen molar-refractivity contribution in [3.63, 3.8) is 0 Å². The highest BCUT2D eigenvalue weighted by molar-refractivity contribution is 9.09. The van der Waals surface area contributed by atoms with Gasteiger partial charge in [0.25, 0.3) is 0 Å². The summed E-state index contributed by atoms with van der Waals surface area (Å²) >= 11 is 3.51. The van der Waals surface area contributed by atoms with E-state index in [2.05, 4.69) is 42.0 Å². The van der Waals surface area contributed by atoms with Crippen LogP contribution in [0.1, 0.15) is 33.6 Å². The average Bonchev–Trinajstić information content (AvgIpc) is 1.97. The van der Waals surface area contributed by atoms with Crippen LogP contribution in [-0.2, 0) is 0 Å². The van der Waals surface area contributed by atoms with Gasteiger partial charge in [0.2, 0.25) is 0 Å². The van der Waals surface area contributed by atoms with E-state index in [9.17, 15) is 0 Å². The van der Waals surface area contributed by atoms with Crippen LogP contribution in [0.5, 0.6) is 0 Å². The van der Waals surface area contributed by atoms with Gasteiger partial charge in [0.05, 0.1) is 0 Å². The lowest BCUT2D eigenvalue weighted by atomic mass is 10.1. The Hall–Kier alpha value is 0.440. The molecule has 2 heteroatoms. The number of rotatable bonds is 6. The Balaban J connectivity index is 3.36. The highest BCUT2D eigenvalue weighted by Crippen LogP contribution is 2.04. The van der Waals surface area contributed by atoms with Crippen molar-refractivity contribution in [1.29, 1.82) is 0 Å². The fourth-order valence-electron chi connectivity index (χ4n) is 0.933. The molecule has 0 radical (unpaired) electrons. The van der Waals surface area contributed by atoms with Gasteiger partial charge in [-0.15, -0.1) is 0 Å². The van der Waals surface area contributed by atoms with Gasteiger partial charge in [-0.2, -0.15) is 0 Å². The van der Waals surface area contributed by atoms with Gasteiger partial charge in [-0.3, -0.25) is 0 Å². The van der Waals surface area contributed by atoms with Gasteiger partial charge in [0.15, 0.2) is 0 Å². The van der Waals surface area contributed by atoms with Crippen LogP contribution in [0.4, 0.5) is 0 Å². The standard InChI is InChI=1S/C9H20BrN/c1-4-5-6-11-9(7-10)8(2)3/h8-9,11H,4-7H2,1-3H3. The summed E-state index contributed by atoms with van der Waals surface area (Å²) in [6.07, 6.45) is 2.57. The Bertz CT molecular complexity index is 83.6. The van der Waals surface area contributed by atoms with Gasteiger partial charge < -0.3 is 5.32 Å². The van der Waals surface area contributed by atoms with E-state index in [-0.39, 0.29) is 0 Å². The van der Waals surface area contributed by atoms with E-state index in [4.69, 9.17) is 0 Å². The molecule has 1 N–H and O–H groups in total. The third kappa shape index (κ3) is 5.68. The molecule has 1 unspecified atom stereocenters. The molecule has 0 saturated heterocycles. The van der Waals surface area contributed by atoms with Crippen molar-refractivity contribution in [2.24, 2.45) is 5.92 Å². The van der Waals surface area contributed by atoms with Crippen LogP contribution in [-0.4, -0.2) is 17.9 Å². The zero-order chi connectivity index (χ0) is 8.69. The Labute approximate surface area is 79.1 Å². The van der Waals surface area contributed by atoms with Gasteiger partial charge in [0.1, 0.15) is 0 Å². The Kier molecular flexibility index (Phi) is 7.39. The summed E-state index contributed by atoms with van der Waals surface area (Å²) in [6, 6.07) is 0.640. The second-order valence-corrected chi connectivity index (χ2v) is 3.96. The van der Waals surface area contributed by atoms with Gasteiger partial charge >= 0.3 is 0 Å². The molecule has 0 aromatic carbocycles. The highest BCUT2D eigenvalue weighted by atomic mass is 79.9. The molecule has 0 rings (SSSR count). The lowest BCUT2D eigenvalue weighted by molar-refractivity contribution is 0.431. The fourth-order valence-corrected chi connectivity index (χ4v) is 1.91. The fraction of sp³-hybridized carbons (Fsp3) is 1.00. The molecular weight excluding hydrogens is 202 g/mol. The molecule has 0 heterocycles. The maximum absolute atomic E-state index is 3.52. The average molecular weight is 222 g/mol. The van der Waals surface area contributed by atoms with Gasteiger partial charge in [-0.1, -0.05) is 43.1 Å². The van der Waals surface area contributed by atoms with Crippen molar-refractivity contribution >= 4 is 15.9 Å². The maximum atomic E-state index is 3.52.